The molecule has 1 heterocycles. The summed E-state index contributed by atoms with van der Waals surface area (Å²) in [5.41, 5.74) is 2.19. The number of ether oxygens (including phenoxy) is 1. The van der Waals surface area contributed by atoms with Crippen molar-refractivity contribution in [1.82, 2.24) is 4.90 Å². The van der Waals surface area contributed by atoms with Gasteiger partial charge in [-0.15, -0.1) is 0 Å². The van der Waals surface area contributed by atoms with Gasteiger partial charge in [-0.1, -0.05) is 35.3 Å². The monoisotopic (exact) mass is 472 g/mol. The van der Waals surface area contributed by atoms with Crippen LogP contribution in [0.1, 0.15) is 32.4 Å². The predicted octanol–water partition coefficient (Wildman–Crippen LogP) is 5.60. The molecule has 0 aromatic heterocycles. The number of morpholine rings is 1. The fourth-order valence-corrected chi connectivity index (χ4v) is 4.01. The summed E-state index contributed by atoms with van der Waals surface area (Å²) in [6.07, 6.45) is -0.309. The normalized spacial score (nSPS) is 16.0. The number of benzene rings is 3. The van der Waals surface area contributed by atoms with Gasteiger partial charge in [-0.3, -0.25) is 9.59 Å². The van der Waals surface area contributed by atoms with Crippen LogP contribution in [0.15, 0.2) is 66.7 Å². The molecule has 32 heavy (non-hydrogen) atoms. The van der Waals surface area contributed by atoms with Crippen LogP contribution in [0.5, 0.6) is 0 Å². The van der Waals surface area contributed by atoms with E-state index >= 15 is 0 Å². The molecule has 1 aliphatic heterocycles. The topological polar surface area (TPSA) is 58.6 Å². The molecule has 0 aliphatic carbocycles. The van der Waals surface area contributed by atoms with Crippen LogP contribution < -0.4 is 5.32 Å². The molecule has 2 amide bonds. The maximum Gasteiger partial charge on any atom is 0.255 e. The van der Waals surface area contributed by atoms with E-state index in [9.17, 15) is 14.0 Å². The third-order valence-corrected chi connectivity index (χ3v) is 5.55. The molecule has 1 atom stereocenters. The van der Waals surface area contributed by atoms with Gasteiger partial charge in [-0.05, 0) is 60.2 Å². The van der Waals surface area contributed by atoms with Gasteiger partial charge in [0, 0.05) is 33.4 Å². The zero-order chi connectivity index (χ0) is 22.7. The minimum atomic E-state index is -0.358. The van der Waals surface area contributed by atoms with E-state index in [4.69, 9.17) is 27.9 Å². The van der Waals surface area contributed by atoms with Crippen LogP contribution >= 0.6 is 23.2 Å². The van der Waals surface area contributed by atoms with Crippen LogP contribution in [-0.2, 0) is 4.74 Å². The van der Waals surface area contributed by atoms with E-state index in [0.717, 1.165) is 5.56 Å². The third-order valence-electron chi connectivity index (χ3n) is 5.11. The summed E-state index contributed by atoms with van der Waals surface area (Å²) in [6.45, 7) is 1.23. The van der Waals surface area contributed by atoms with Crippen LogP contribution in [0.3, 0.4) is 0 Å². The van der Waals surface area contributed by atoms with E-state index in [0.29, 0.717) is 46.6 Å². The van der Waals surface area contributed by atoms with Gasteiger partial charge in [0.1, 0.15) is 11.9 Å². The number of anilines is 1. The lowest BCUT2D eigenvalue weighted by Gasteiger charge is -2.33. The van der Waals surface area contributed by atoms with E-state index < -0.39 is 0 Å². The largest absolute Gasteiger partial charge is 0.370 e. The van der Waals surface area contributed by atoms with Gasteiger partial charge in [0.2, 0.25) is 0 Å². The Balaban J connectivity index is 1.41. The highest BCUT2D eigenvalue weighted by Crippen LogP contribution is 2.24. The molecule has 8 heteroatoms. The van der Waals surface area contributed by atoms with Crippen LogP contribution in [-0.4, -0.2) is 36.4 Å². The van der Waals surface area contributed by atoms with E-state index in [1.165, 1.54) is 24.3 Å². The van der Waals surface area contributed by atoms with Crippen molar-refractivity contribution in [1.29, 1.82) is 0 Å². The number of nitrogens with one attached hydrogen (secondary N) is 1. The Morgan fingerprint density at radius 3 is 2.25 bits per heavy atom. The number of carbonyl (C=O) groups excluding carboxylic acids is 2. The Hall–Kier alpha value is -2.93. The smallest absolute Gasteiger partial charge is 0.255 e. The maximum atomic E-state index is 13.2. The summed E-state index contributed by atoms with van der Waals surface area (Å²) in [5.74, 6) is -0.813. The Labute approximate surface area is 194 Å². The molecule has 0 radical (unpaired) electrons. The average Bonchev–Trinajstić information content (AvgIpc) is 2.79. The lowest BCUT2D eigenvalue weighted by molar-refractivity contribution is -0.0228. The van der Waals surface area contributed by atoms with Crippen molar-refractivity contribution in [2.24, 2.45) is 0 Å². The summed E-state index contributed by atoms with van der Waals surface area (Å²) < 4.78 is 18.9. The highest BCUT2D eigenvalue weighted by atomic mass is 35.5. The zero-order valence-electron chi connectivity index (χ0n) is 16.9. The molecule has 5 nitrogen and oxygen atoms in total. The van der Waals surface area contributed by atoms with E-state index in [2.05, 4.69) is 5.32 Å². The molecule has 1 unspecified atom stereocenters. The molecule has 0 saturated carbocycles. The average molecular weight is 473 g/mol. The first-order chi connectivity index (χ1) is 15.4. The van der Waals surface area contributed by atoms with Crippen molar-refractivity contribution in [3.63, 3.8) is 0 Å². The summed E-state index contributed by atoms with van der Waals surface area (Å²) in [7, 11) is 0. The Morgan fingerprint density at radius 1 is 0.938 bits per heavy atom. The number of nitrogens with zero attached hydrogens (tertiary/aromatic N) is 1. The molecule has 1 fully saturated rings. The zero-order valence-corrected chi connectivity index (χ0v) is 18.4. The number of amides is 2. The molecule has 0 bridgehead atoms. The summed E-state index contributed by atoms with van der Waals surface area (Å²) >= 11 is 11.9. The third kappa shape index (κ3) is 5.27. The summed E-state index contributed by atoms with van der Waals surface area (Å²) in [4.78, 5) is 27.1. The number of hydrogen-bond acceptors (Lipinski definition) is 3. The molecule has 1 aliphatic rings. The molecule has 1 N–H and O–H groups in total. The second kappa shape index (κ2) is 9.69. The fourth-order valence-electron chi connectivity index (χ4n) is 3.48. The number of hydrogen-bond donors (Lipinski definition) is 1. The van der Waals surface area contributed by atoms with Crippen molar-refractivity contribution >= 4 is 40.7 Å². The van der Waals surface area contributed by atoms with Gasteiger partial charge in [-0.2, -0.15) is 0 Å². The molecule has 3 aromatic carbocycles. The fraction of sp³-hybridized carbons (Fsp3) is 0.167. The Kier molecular flexibility index (Phi) is 6.74. The molecule has 3 aromatic rings. The van der Waals surface area contributed by atoms with Gasteiger partial charge in [-0.25, -0.2) is 4.39 Å². The Morgan fingerprint density at radius 2 is 1.59 bits per heavy atom. The number of carbonyl (C=O) groups is 2. The van der Waals surface area contributed by atoms with Crippen molar-refractivity contribution in [3.8, 4) is 0 Å². The minimum Gasteiger partial charge on any atom is -0.370 e. The molecular formula is C24H19Cl2FN2O3. The number of rotatable bonds is 4. The second-order valence-corrected chi connectivity index (χ2v) is 8.22. The molecule has 0 spiro atoms. The summed E-state index contributed by atoms with van der Waals surface area (Å²) in [6, 6.07) is 17.3. The first-order valence-corrected chi connectivity index (χ1v) is 10.7. The highest BCUT2D eigenvalue weighted by Gasteiger charge is 2.26. The predicted molar refractivity (Wildman–Crippen MR) is 122 cm³/mol. The van der Waals surface area contributed by atoms with Crippen molar-refractivity contribution in [3.05, 3.63) is 99.3 Å². The second-order valence-electron chi connectivity index (χ2n) is 7.35. The quantitative estimate of drug-likeness (QED) is 0.537. The van der Waals surface area contributed by atoms with Crippen molar-refractivity contribution in [2.75, 3.05) is 25.0 Å². The Bertz CT molecular complexity index is 1120. The van der Waals surface area contributed by atoms with Gasteiger partial charge >= 0.3 is 0 Å². The minimum absolute atomic E-state index is 0.139. The number of halogens is 3. The molecule has 4 rings (SSSR count). The first-order valence-electron chi connectivity index (χ1n) is 9.93. The van der Waals surface area contributed by atoms with Crippen molar-refractivity contribution < 1.29 is 18.7 Å². The van der Waals surface area contributed by atoms with Gasteiger partial charge in [0.25, 0.3) is 11.8 Å². The van der Waals surface area contributed by atoms with E-state index in [1.54, 1.807) is 47.4 Å². The first kappa shape index (κ1) is 22.3. The van der Waals surface area contributed by atoms with Crippen LogP contribution in [0.4, 0.5) is 10.1 Å². The molecule has 1 saturated heterocycles. The SMILES string of the molecule is O=C(Nc1ccc(C(=O)N2CCOC(c3ccc(F)cc3)C2)cc1)c1cc(Cl)cc(Cl)c1. The van der Waals surface area contributed by atoms with Crippen LogP contribution in [0, 0.1) is 5.82 Å². The van der Waals surface area contributed by atoms with E-state index in [1.807, 2.05) is 0 Å². The van der Waals surface area contributed by atoms with Crippen molar-refractivity contribution in [2.45, 2.75) is 6.10 Å². The standard InChI is InChI=1S/C24H19Cl2FN2O3/c25-18-11-17(12-19(26)13-18)23(30)28-21-7-3-16(4-8-21)24(31)29-9-10-32-22(14-29)15-1-5-20(27)6-2-15/h1-8,11-13,22H,9-10,14H2,(H,28,30). The highest BCUT2D eigenvalue weighted by molar-refractivity contribution is 6.35. The molecular weight excluding hydrogens is 454 g/mol. The molecule has 164 valence electrons. The van der Waals surface area contributed by atoms with Gasteiger partial charge in [0.05, 0.1) is 13.2 Å². The van der Waals surface area contributed by atoms with Gasteiger partial charge in [0.15, 0.2) is 0 Å². The maximum absolute atomic E-state index is 13.2. The van der Waals surface area contributed by atoms with Crippen LogP contribution in [0.2, 0.25) is 10.0 Å². The van der Waals surface area contributed by atoms with E-state index in [-0.39, 0.29) is 23.7 Å². The summed E-state index contributed by atoms with van der Waals surface area (Å²) in [5, 5.41) is 3.50. The van der Waals surface area contributed by atoms with Crippen LogP contribution in [0.25, 0.3) is 0 Å². The lowest BCUT2D eigenvalue weighted by Crippen LogP contribution is -2.42. The lowest BCUT2D eigenvalue weighted by atomic mass is 10.1. The van der Waals surface area contributed by atoms with Gasteiger partial charge < -0.3 is 15.0 Å².